The molecule has 0 saturated carbocycles. The van der Waals surface area contributed by atoms with E-state index in [0.29, 0.717) is 11.4 Å². The highest BCUT2D eigenvalue weighted by Gasteiger charge is 2.51. The number of amides is 2. The maximum Gasteiger partial charge on any atom is 0.383 e. The molecule has 8 heteroatoms. The first-order valence-corrected chi connectivity index (χ1v) is 6.03. The van der Waals surface area contributed by atoms with Gasteiger partial charge in [-0.2, -0.15) is 8.78 Å². The highest BCUT2D eigenvalue weighted by molar-refractivity contribution is 5.84. The van der Waals surface area contributed by atoms with Crippen LogP contribution in [0.5, 0.6) is 0 Å². The molecule has 1 N–H and O–H groups in total. The molecule has 0 aromatic carbocycles. The van der Waals surface area contributed by atoms with Gasteiger partial charge in [0, 0.05) is 25.6 Å². The summed E-state index contributed by atoms with van der Waals surface area (Å²) in [7, 11) is 0. The predicted octanol–water partition coefficient (Wildman–Crippen LogP) is 1.26. The molecule has 110 valence electrons. The van der Waals surface area contributed by atoms with E-state index in [1.807, 2.05) is 0 Å². The first-order valence-electron chi connectivity index (χ1n) is 6.03. The molecular weight excluding hydrogens is 268 g/mol. The van der Waals surface area contributed by atoms with E-state index in [0.717, 1.165) is 0 Å². The van der Waals surface area contributed by atoms with Gasteiger partial charge >= 0.3 is 12.3 Å². The third-order valence-corrected chi connectivity index (χ3v) is 3.06. The predicted molar refractivity (Wildman–Crippen MR) is 58.9 cm³/mol. The van der Waals surface area contributed by atoms with Gasteiger partial charge in [-0.15, -0.1) is 0 Å². The molecule has 19 heavy (non-hydrogen) atoms. The molecule has 1 aliphatic heterocycles. The number of hydrogen-bond acceptors (Lipinski definition) is 2. The van der Waals surface area contributed by atoms with E-state index >= 15 is 0 Å². The molecular formula is C11H16F4N2O2. The van der Waals surface area contributed by atoms with Crippen molar-refractivity contribution in [2.75, 3.05) is 19.6 Å². The van der Waals surface area contributed by atoms with Gasteiger partial charge in [0.15, 0.2) is 0 Å². The van der Waals surface area contributed by atoms with E-state index in [9.17, 15) is 27.2 Å². The van der Waals surface area contributed by atoms with Gasteiger partial charge in [0.05, 0.1) is 0 Å². The Kier molecular flexibility index (Phi) is 5.13. The Morgan fingerprint density at radius 2 is 1.84 bits per heavy atom. The fourth-order valence-electron chi connectivity index (χ4n) is 1.97. The van der Waals surface area contributed by atoms with Gasteiger partial charge in [-0.25, -0.2) is 8.78 Å². The second kappa shape index (κ2) is 6.21. The Morgan fingerprint density at radius 1 is 1.32 bits per heavy atom. The van der Waals surface area contributed by atoms with Crippen molar-refractivity contribution < 1.29 is 27.2 Å². The number of nitrogens with one attached hydrogen (secondary N) is 1. The molecule has 0 bridgehead atoms. The van der Waals surface area contributed by atoms with Gasteiger partial charge in [0.1, 0.15) is 0 Å². The van der Waals surface area contributed by atoms with Crippen LogP contribution < -0.4 is 5.32 Å². The summed E-state index contributed by atoms with van der Waals surface area (Å²) in [5.74, 6) is -7.07. The summed E-state index contributed by atoms with van der Waals surface area (Å²) >= 11 is 0. The van der Waals surface area contributed by atoms with Crippen LogP contribution in [-0.4, -0.2) is 48.7 Å². The topological polar surface area (TPSA) is 49.4 Å². The molecule has 0 unspecified atom stereocenters. The fraction of sp³-hybridized carbons (Fsp3) is 0.818. The Balaban J connectivity index is 2.55. The number of piperidine rings is 1. The van der Waals surface area contributed by atoms with Crippen molar-refractivity contribution in [1.82, 2.24) is 10.2 Å². The van der Waals surface area contributed by atoms with Crippen LogP contribution in [0.2, 0.25) is 0 Å². The van der Waals surface area contributed by atoms with Gasteiger partial charge in [0.25, 0.3) is 5.91 Å². The van der Waals surface area contributed by atoms with Gasteiger partial charge < -0.3 is 10.2 Å². The van der Waals surface area contributed by atoms with Crippen molar-refractivity contribution in [1.29, 1.82) is 0 Å². The van der Waals surface area contributed by atoms with Crippen LogP contribution in [0.15, 0.2) is 0 Å². The number of nitrogens with zero attached hydrogens (tertiary/aromatic N) is 1. The first kappa shape index (κ1) is 15.7. The Hall–Kier alpha value is -1.34. The Morgan fingerprint density at radius 3 is 2.26 bits per heavy atom. The molecule has 1 aliphatic rings. The maximum absolute atomic E-state index is 12.9. The van der Waals surface area contributed by atoms with E-state index < -0.39 is 18.3 Å². The highest BCUT2D eigenvalue weighted by Crippen LogP contribution is 2.28. The average molecular weight is 284 g/mol. The summed E-state index contributed by atoms with van der Waals surface area (Å²) < 4.78 is 49.9. The second-order valence-corrected chi connectivity index (χ2v) is 4.38. The molecule has 1 saturated heterocycles. The van der Waals surface area contributed by atoms with Crippen LogP contribution in [0.25, 0.3) is 0 Å². The molecule has 1 rings (SSSR count). The SMILES string of the molecule is CCNC(=O)C1CCN(C(=O)C(F)(F)C(F)F)CC1. The second-order valence-electron chi connectivity index (χ2n) is 4.38. The van der Waals surface area contributed by atoms with Gasteiger partial charge in [0.2, 0.25) is 5.91 Å². The number of carbonyl (C=O) groups excluding carboxylic acids is 2. The van der Waals surface area contributed by atoms with Crippen molar-refractivity contribution in [2.45, 2.75) is 32.1 Å². The van der Waals surface area contributed by atoms with Crippen LogP contribution in [0.3, 0.4) is 0 Å². The lowest BCUT2D eigenvalue weighted by Crippen LogP contribution is -2.51. The molecule has 0 aromatic rings. The zero-order chi connectivity index (χ0) is 14.6. The smallest absolute Gasteiger partial charge is 0.356 e. The summed E-state index contributed by atoms with van der Waals surface area (Å²) in [4.78, 5) is 23.5. The third-order valence-electron chi connectivity index (χ3n) is 3.06. The van der Waals surface area contributed by atoms with Crippen molar-refractivity contribution in [3.63, 3.8) is 0 Å². The van der Waals surface area contributed by atoms with Crippen LogP contribution >= 0.6 is 0 Å². The van der Waals surface area contributed by atoms with E-state index in [-0.39, 0.29) is 37.8 Å². The summed E-state index contributed by atoms with van der Waals surface area (Å²) in [6.45, 7) is 1.99. The standard InChI is InChI=1S/C11H16F4N2O2/c1-2-16-8(18)7-3-5-17(6-4-7)10(19)11(14,15)9(12)13/h7,9H,2-6H2,1H3,(H,16,18). The number of carbonyl (C=O) groups is 2. The number of hydrogen-bond donors (Lipinski definition) is 1. The van der Waals surface area contributed by atoms with Gasteiger partial charge in [-0.1, -0.05) is 0 Å². The minimum Gasteiger partial charge on any atom is -0.356 e. The number of likely N-dealkylation sites (tertiary alicyclic amines) is 1. The van der Waals surface area contributed by atoms with Crippen molar-refractivity contribution in [3.05, 3.63) is 0 Å². The molecule has 0 aliphatic carbocycles. The third kappa shape index (κ3) is 3.57. The zero-order valence-electron chi connectivity index (χ0n) is 10.5. The van der Waals surface area contributed by atoms with E-state index in [4.69, 9.17) is 0 Å². The van der Waals surface area contributed by atoms with Gasteiger partial charge in [-0.05, 0) is 19.8 Å². The molecule has 0 spiro atoms. The van der Waals surface area contributed by atoms with Gasteiger partial charge in [-0.3, -0.25) is 9.59 Å². The molecule has 1 fully saturated rings. The van der Waals surface area contributed by atoms with E-state index in [1.165, 1.54) is 0 Å². The summed E-state index contributed by atoms with van der Waals surface area (Å²) in [5, 5.41) is 2.60. The quantitative estimate of drug-likeness (QED) is 0.790. The number of alkyl halides is 4. The molecule has 1 heterocycles. The van der Waals surface area contributed by atoms with Crippen LogP contribution in [-0.2, 0) is 9.59 Å². The van der Waals surface area contributed by atoms with Crippen LogP contribution in [0.4, 0.5) is 17.6 Å². The zero-order valence-corrected chi connectivity index (χ0v) is 10.5. The van der Waals surface area contributed by atoms with E-state index in [1.54, 1.807) is 6.92 Å². The summed E-state index contributed by atoms with van der Waals surface area (Å²) in [6, 6.07) is 0. The molecule has 0 atom stereocenters. The summed E-state index contributed by atoms with van der Waals surface area (Å²) in [6.07, 6.45) is -3.60. The van der Waals surface area contributed by atoms with Crippen LogP contribution in [0, 0.1) is 5.92 Å². The Labute approximate surface area is 108 Å². The van der Waals surface area contributed by atoms with Crippen molar-refractivity contribution in [2.24, 2.45) is 5.92 Å². The van der Waals surface area contributed by atoms with Crippen LogP contribution in [0.1, 0.15) is 19.8 Å². The first-order chi connectivity index (χ1) is 8.80. The largest absolute Gasteiger partial charge is 0.383 e. The lowest BCUT2D eigenvalue weighted by Gasteiger charge is -2.33. The molecule has 0 aromatic heterocycles. The Bertz CT molecular complexity index is 342. The van der Waals surface area contributed by atoms with Crippen molar-refractivity contribution >= 4 is 11.8 Å². The number of rotatable bonds is 4. The molecule has 4 nitrogen and oxygen atoms in total. The highest BCUT2D eigenvalue weighted by atomic mass is 19.3. The average Bonchev–Trinajstić information content (AvgIpc) is 2.38. The summed E-state index contributed by atoms with van der Waals surface area (Å²) in [5.41, 5.74) is 0. The molecule has 2 amide bonds. The lowest BCUT2D eigenvalue weighted by atomic mass is 9.95. The normalized spacial score (nSPS) is 17.7. The minimum absolute atomic E-state index is 0.108. The minimum atomic E-state index is -4.65. The van der Waals surface area contributed by atoms with Crippen molar-refractivity contribution in [3.8, 4) is 0 Å². The maximum atomic E-state index is 12.9. The van der Waals surface area contributed by atoms with E-state index in [2.05, 4.69) is 5.32 Å². The lowest BCUT2D eigenvalue weighted by molar-refractivity contribution is -0.182. The molecule has 0 radical (unpaired) electrons. The monoisotopic (exact) mass is 284 g/mol. The fourth-order valence-corrected chi connectivity index (χ4v) is 1.97. The number of halogens is 4.